The maximum atomic E-state index is 6.11. The topological polar surface area (TPSA) is 69.1 Å². The number of rotatable bonds is 0. The van der Waals surface area contributed by atoms with Crippen molar-refractivity contribution in [1.29, 1.82) is 0 Å². The maximum Gasteiger partial charge on any atom is 0.243 e. The van der Waals surface area contributed by atoms with Gasteiger partial charge in [-0.05, 0) is 31.2 Å². The summed E-state index contributed by atoms with van der Waals surface area (Å²) < 4.78 is 1.52. The SMILES string of the molecule is Br.Nc1nnc2c3c(c(Cl)nn12)CCCC3. The van der Waals surface area contributed by atoms with Gasteiger partial charge in [-0.1, -0.05) is 11.6 Å². The van der Waals surface area contributed by atoms with Crippen LogP contribution < -0.4 is 5.73 Å². The molecule has 86 valence electrons. The summed E-state index contributed by atoms with van der Waals surface area (Å²) in [5.41, 5.74) is 8.67. The third-order valence-electron chi connectivity index (χ3n) is 2.84. The lowest BCUT2D eigenvalue weighted by molar-refractivity contribution is 0.676. The first-order valence-corrected chi connectivity index (χ1v) is 5.33. The van der Waals surface area contributed by atoms with Crippen LogP contribution in [-0.4, -0.2) is 19.8 Å². The Kier molecular flexibility index (Phi) is 3.03. The van der Waals surface area contributed by atoms with Crippen LogP contribution in [0.15, 0.2) is 0 Å². The Balaban J connectivity index is 0.000000963. The van der Waals surface area contributed by atoms with Crippen molar-refractivity contribution >= 4 is 40.2 Å². The molecule has 0 radical (unpaired) electrons. The molecule has 7 heteroatoms. The van der Waals surface area contributed by atoms with Crippen LogP contribution in [0, 0.1) is 0 Å². The fourth-order valence-corrected chi connectivity index (χ4v) is 2.39. The number of nitrogens with two attached hydrogens (primary N) is 1. The van der Waals surface area contributed by atoms with E-state index in [0.717, 1.165) is 42.5 Å². The van der Waals surface area contributed by atoms with Crippen molar-refractivity contribution in [1.82, 2.24) is 19.8 Å². The molecule has 0 atom stereocenters. The van der Waals surface area contributed by atoms with Gasteiger partial charge in [0, 0.05) is 5.56 Å². The second-order valence-corrected chi connectivity index (χ2v) is 4.11. The molecule has 0 bridgehead atoms. The fourth-order valence-electron chi connectivity index (χ4n) is 2.11. The van der Waals surface area contributed by atoms with Gasteiger partial charge < -0.3 is 5.73 Å². The van der Waals surface area contributed by atoms with Crippen LogP contribution in [-0.2, 0) is 12.8 Å². The number of nitrogens with zero attached hydrogens (tertiary/aromatic N) is 4. The molecule has 2 aromatic heterocycles. The first kappa shape index (κ1) is 11.6. The molecule has 0 unspecified atom stereocenters. The average Bonchev–Trinajstić information content (AvgIpc) is 2.62. The number of nitrogen functional groups attached to an aromatic ring is 1. The van der Waals surface area contributed by atoms with Gasteiger partial charge in [-0.15, -0.1) is 27.2 Å². The van der Waals surface area contributed by atoms with Gasteiger partial charge in [-0.3, -0.25) is 0 Å². The van der Waals surface area contributed by atoms with Crippen molar-refractivity contribution < 1.29 is 0 Å². The minimum absolute atomic E-state index is 0. The highest BCUT2D eigenvalue weighted by atomic mass is 79.9. The molecular weight excluding hydrogens is 293 g/mol. The first-order valence-electron chi connectivity index (χ1n) is 4.95. The molecule has 0 aliphatic heterocycles. The van der Waals surface area contributed by atoms with Crippen molar-refractivity contribution in [2.45, 2.75) is 25.7 Å². The van der Waals surface area contributed by atoms with E-state index in [-0.39, 0.29) is 17.0 Å². The van der Waals surface area contributed by atoms with Crippen LogP contribution in [0.3, 0.4) is 0 Å². The highest BCUT2D eigenvalue weighted by Gasteiger charge is 2.19. The molecule has 0 fully saturated rings. The van der Waals surface area contributed by atoms with E-state index < -0.39 is 0 Å². The van der Waals surface area contributed by atoms with Gasteiger partial charge in [-0.25, -0.2) is 0 Å². The van der Waals surface area contributed by atoms with Crippen molar-refractivity contribution in [2.75, 3.05) is 5.73 Å². The highest BCUT2D eigenvalue weighted by molar-refractivity contribution is 8.93. The van der Waals surface area contributed by atoms with E-state index in [2.05, 4.69) is 15.3 Å². The van der Waals surface area contributed by atoms with E-state index in [0.29, 0.717) is 11.1 Å². The monoisotopic (exact) mass is 303 g/mol. The molecule has 2 N–H and O–H groups in total. The van der Waals surface area contributed by atoms with Gasteiger partial charge in [0.1, 0.15) is 0 Å². The number of halogens is 2. The standard InChI is InChI=1S/C9H10ClN5.BrH/c10-7-5-3-1-2-4-6(5)8-12-13-9(11)15(8)14-7;/h1-4H2,(H2,11,13);1H. The van der Waals surface area contributed by atoms with Gasteiger partial charge in [0.05, 0.1) is 0 Å². The number of hydrogen-bond acceptors (Lipinski definition) is 4. The van der Waals surface area contributed by atoms with Gasteiger partial charge in [-0.2, -0.15) is 9.61 Å². The van der Waals surface area contributed by atoms with Gasteiger partial charge in [0.2, 0.25) is 5.95 Å². The Morgan fingerprint density at radius 1 is 1.12 bits per heavy atom. The van der Waals surface area contributed by atoms with Crippen LogP contribution in [0.2, 0.25) is 5.15 Å². The molecule has 3 rings (SSSR count). The van der Waals surface area contributed by atoms with Crippen LogP contribution in [0.5, 0.6) is 0 Å². The van der Waals surface area contributed by atoms with E-state index >= 15 is 0 Å². The second kappa shape index (κ2) is 4.18. The number of aromatic nitrogens is 4. The summed E-state index contributed by atoms with van der Waals surface area (Å²) in [6.07, 6.45) is 4.29. The van der Waals surface area contributed by atoms with Crippen molar-refractivity contribution in [3.8, 4) is 0 Å². The Labute approximate surface area is 108 Å². The van der Waals surface area contributed by atoms with E-state index in [1.165, 1.54) is 4.52 Å². The molecule has 5 nitrogen and oxygen atoms in total. The van der Waals surface area contributed by atoms with Crippen LogP contribution in [0.1, 0.15) is 24.0 Å². The number of fused-ring (bicyclic) bond motifs is 3. The Morgan fingerprint density at radius 3 is 2.56 bits per heavy atom. The normalized spacial score (nSPS) is 14.6. The molecule has 0 saturated heterocycles. The molecule has 0 aromatic carbocycles. The Hall–Kier alpha value is -0.880. The fraction of sp³-hybridized carbons (Fsp3) is 0.444. The van der Waals surface area contributed by atoms with E-state index in [4.69, 9.17) is 17.3 Å². The summed E-state index contributed by atoms with van der Waals surface area (Å²) in [6.45, 7) is 0. The predicted octanol–water partition coefficient (Wildman–Crippen LogP) is 1.82. The maximum absolute atomic E-state index is 6.11. The van der Waals surface area contributed by atoms with Crippen LogP contribution in [0.25, 0.3) is 5.65 Å². The molecule has 2 heterocycles. The van der Waals surface area contributed by atoms with E-state index in [1.807, 2.05) is 0 Å². The lowest BCUT2D eigenvalue weighted by Crippen LogP contribution is -2.10. The summed E-state index contributed by atoms with van der Waals surface area (Å²) in [7, 11) is 0. The zero-order chi connectivity index (χ0) is 10.4. The third-order valence-corrected chi connectivity index (χ3v) is 3.14. The number of hydrogen-bond donors (Lipinski definition) is 1. The molecule has 16 heavy (non-hydrogen) atoms. The minimum Gasteiger partial charge on any atom is -0.366 e. The van der Waals surface area contributed by atoms with Crippen LogP contribution >= 0.6 is 28.6 Å². The summed E-state index contributed by atoms with van der Waals surface area (Å²) in [6, 6.07) is 0. The number of anilines is 1. The second-order valence-electron chi connectivity index (χ2n) is 3.75. The lowest BCUT2D eigenvalue weighted by atomic mass is 9.94. The lowest BCUT2D eigenvalue weighted by Gasteiger charge is -2.16. The third kappa shape index (κ3) is 1.56. The molecule has 1 aliphatic carbocycles. The molecule has 1 aliphatic rings. The van der Waals surface area contributed by atoms with Crippen molar-refractivity contribution in [3.63, 3.8) is 0 Å². The molecule has 0 spiro atoms. The molecule has 0 amide bonds. The highest BCUT2D eigenvalue weighted by Crippen LogP contribution is 2.29. The van der Waals surface area contributed by atoms with Crippen LogP contribution in [0.4, 0.5) is 5.95 Å². The molecular formula is C9H11BrClN5. The predicted molar refractivity (Wildman–Crippen MR) is 67.2 cm³/mol. The van der Waals surface area contributed by atoms with Gasteiger partial charge >= 0.3 is 0 Å². The zero-order valence-electron chi connectivity index (χ0n) is 8.48. The van der Waals surface area contributed by atoms with Crippen molar-refractivity contribution in [2.24, 2.45) is 0 Å². The average molecular weight is 305 g/mol. The first-order chi connectivity index (χ1) is 7.27. The minimum atomic E-state index is 0. The van der Waals surface area contributed by atoms with Gasteiger partial charge in [0.25, 0.3) is 0 Å². The molecule has 0 saturated carbocycles. The molecule has 2 aromatic rings. The summed E-state index contributed by atoms with van der Waals surface area (Å²) >= 11 is 6.11. The largest absolute Gasteiger partial charge is 0.366 e. The van der Waals surface area contributed by atoms with Gasteiger partial charge in [0.15, 0.2) is 10.8 Å². The summed E-state index contributed by atoms with van der Waals surface area (Å²) in [5.74, 6) is 0.292. The Bertz CT molecular complexity index is 538. The Morgan fingerprint density at radius 2 is 1.81 bits per heavy atom. The smallest absolute Gasteiger partial charge is 0.243 e. The number of aryl methyl sites for hydroxylation is 1. The van der Waals surface area contributed by atoms with Crippen molar-refractivity contribution in [3.05, 3.63) is 16.3 Å². The van der Waals surface area contributed by atoms with E-state index in [1.54, 1.807) is 0 Å². The summed E-state index contributed by atoms with van der Waals surface area (Å²) in [4.78, 5) is 0. The zero-order valence-corrected chi connectivity index (χ0v) is 10.9. The summed E-state index contributed by atoms with van der Waals surface area (Å²) in [5, 5.41) is 12.6. The van der Waals surface area contributed by atoms with E-state index in [9.17, 15) is 0 Å². The quantitative estimate of drug-likeness (QED) is 0.806.